The number of aliphatic hydroxyl groups excluding tert-OH is 1. The Kier molecular flexibility index (Phi) is 8.13. The fourth-order valence-corrected chi connectivity index (χ4v) is 7.73. The number of ether oxygens (including phenoxy) is 1. The predicted octanol–water partition coefficient (Wildman–Crippen LogP) is 3.91. The molecule has 0 spiro atoms. The number of hydrogen-bond donors (Lipinski definition) is 1. The summed E-state index contributed by atoms with van der Waals surface area (Å²) in [6, 6.07) is 8.83. The molecular weight excluding hydrogens is 680 g/mol. The van der Waals surface area contributed by atoms with E-state index in [9.17, 15) is 44.5 Å². The minimum Gasteiger partial charge on any atom is -0.491 e. The minimum atomic E-state index is -1.02. The van der Waals surface area contributed by atoms with Crippen molar-refractivity contribution in [2.24, 2.45) is 17.8 Å². The molecular formula is C32H27BrN4O10. The third-order valence-electron chi connectivity index (χ3n) is 9.06. The monoisotopic (exact) mass is 706 g/mol. The van der Waals surface area contributed by atoms with Crippen LogP contribution in [0.25, 0.3) is 0 Å². The molecule has 242 valence electrons. The first kappa shape index (κ1) is 31.9. The van der Waals surface area contributed by atoms with Crippen molar-refractivity contribution in [3.05, 3.63) is 95.5 Å². The first-order valence-electron chi connectivity index (χ1n) is 14.6. The maximum Gasteiger partial charge on any atom is 0.301 e. The number of nitrogens with zero attached hydrogens (tertiary/aromatic N) is 4. The molecule has 1 aliphatic heterocycles. The molecule has 1 heterocycles. The van der Waals surface area contributed by atoms with Gasteiger partial charge < -0.3 is 14.7 Å². The second kappa shape index (κ2) is 12.0. The Morgan fingerprint density at radius 1 is 1.02 bits per heavy atom. The van der Waals surface area contributed by atoms with E-state index in [-0.39, 0.29) is 53.1 Å². The predicted molar refractivity (Wildman–Crippen MR) is 170 cm³/mol. The number of ketones is 2. The Hall–Kier alpha value is -5.02. The maximum absolute atomic E-state index is 14.3. The van der Waals surface area contributed by atoms with E-state index >= 15 is 0 Å². The number of nitro groups is 2. The average molecular weight is 707 g/mol. The van der Waals surface area contributed by atoms with Crippen molar-refractivity contribution in [1.29, 1.82) is 0 Å². The fraction of sp³-hybridized carbons (Fsp3) is 0.312. The van der Waals surface area contributed by atoms with Crippen LogP contribution in [0, 0.1) is 38.0 Å². The lowest BCUT2D eigenvalue weighted by molar-refractivity contribution is -0.392. The molecule has 0 bridgehead atoms. The van der Waals surface area contributed by atoms with Crippen LogP contribution in [-0.2, 0) is 19.2 Å². The zero-order chi connectivity index (χ0) is 33.9. The SMILES string of the molecule is CN(C)c1c([N+](=O)[O-])cc(N2C(=O)[C@H]3[C@H](CC=C4[C@H](c5ccccc5OCCO)C5=C(C[C@H]43)C(=O)C(Br)=CC5=O)C2=O)cc1[N+](=O)[O-]. The van der Waals surface area contributed by atoms with E-state index in [1.807, 2.05) is 0 Å². The fourth-order valence-electron chi connectivity index (χ4n) is 7.28. The number of para-hydroxylation sites is 1. The van der Waals surface area contributed by atoms with E-state index in [1.165, 1.54) is 25.1 Å². The lowest BCUT2D eigenvalue weighted by atomic mass is 9.59. The summed E-state index contributed by atoms with van der Waals surface area (Å²) >= 11 is 3.19. The largest absolute Gasteiger partial charge is 0.491 e. The number of benzene rings is 2. The van der Waals surface area contributed by atoms with Crippen LogP contribution in [0.15, 0.2) is 69.8 Å². The second-order valence-electron chi connectivity index (χ2n) is 11.8. The standard InChI is InChI=1S/C32H27BrN4O10/c1-34(2)29-22(36(43)44)11-15(12-23(29)37(45)46)35-31(41)18-8-7-16-19(27(18)32(35)42)13-20-28(24(39)14-21(33)30(20)40)26(16)17-5-3-4-6-25(17)47-10-9-38/h3-7,11-12,14,18-19,26-27,38H,8-10,13H2,1-2H3/t18-,19+,26+,27-/m0/s1. The topological polar surface area (TPSA) is 190 Å². The molecule has 47 heavy (non-hydrogen) atoms. The van der Waals surface area contributed by atoms with Crippen molar-refractivity contribution in [1.82, 2.24) is 0 Å². The number of fused-ring (bicyclic) bond motifs is 3. The van der Waals surface area contributed by atoms with E-state index < -0.39 is 68.3 Å². The molecule has 4 aliphatic rings. The van der Waals surface area contributed by atoms with Crippen molar-refractivity contribution in [2.45, 2.75) is 18.8 Å². The number of rotatable bonds is 8. The lowest BCUT2D eigenvalue weighted by Crippen LogP contribution is -2.39. The first-order chi connectivity index (χ1) is 22.4. The second-order valence-corrected chi connectivity index (χ2v) is 12.6. The molecule has 0 unspecified atom stereocenters. The zero-order valence-electron chi connectivity index (χ0n) is 25.0. The summed E-state index contributed by atoms with van der Waals surface area (Å²) in [6.45, 7) is -0.304. The Balaban J connectivity index is 1.49. The van der Waals surface area contributed by atoms with E-state index in [0.717, 1.165) is 17.0 Å². The van der Waals surface area contributed by atoms with Crippen LogP contribution in [0.4, 0.5) is 22.7 Å². The van der Waals surface area contributed by atoms with Crippen LogP contribution in [0.2, 0.25) is 0 Å². The molecule has 1 fully saturated rings. The van der Waals surface area contributed by atoms with Gasteiger partial charge in [-0.1, -0.05) is 29.8 Å². The molecule has 0 aromatic heterocycles. The summed E-state index contributed by atoms with van der Waals surface area (Å²) in [5, 5.41) is 33.4. The molecule has 2 amide bonds. The smallest absolute Gasteiger partial charge is 0.301 e. The molecule has 2 aromatic carbocycles. The Morgan fingerprint density at radius 2 is 1.68 bits per heavy atom. The maximum atomic E-state index is 14.3. The van der Waals surface area contributed by atoms with Crippen LogP contribution >= 0.6 is 15.9 Å². The van der Waals surface area contributed by atoms with E-state index in [2.05, 4.69) is 15.9 Å². The van der Waals surface area contributed by atoms with Gasteiger partial charge in [-0.05, 0) is 40.8 Å². The van der Waals surface area contributed by atoms with Crippen molar-refractivity contribution in [2.75, 3.05) is 37.1 Å². The molecule has 2 aromatic rings. The van der Waals surface area contributed by atoms with Gasteiger partial charge in [0.1, 0.15) is 12.4 Å². The van der Waals surface area contributed by atoms with Crippen molar-refractivity contribution in [3.8, 4) is 5.75 Å². The number of carbonyl (C=O) groups is 4. The molecule has 0 saturated carbocycles. The summed E-state index contributed by atoms with van der Waals surface area (Å²) in [4.78, 5) is 79.7. The molecule has 15 heteroatoms. The highest BCUT2D eigenvalue weighted by atomic mass is 79.9. The van der Waals surface area contributed by atoms with Gasteiger partial charge in [-0.25, -0.2) is 4.90 Å². The zero-order valence-corrected chi connectivity index (χ0v) is 26.6. The third kappa shape index (κ3) is 5.06. The quantitative estimate of drug-likeness (QED) is 0.138. The Morgan fingerprint density at radius 3 is 2.30 bits per heavy atom. The summed E-state index contributed by atoms with van der Waals surface area (Å²) in [5.74, 6) is -5.34. The van der Waals surface area contributed by atoms with Gasteiger partial charge in [-0.2, -0.15) is 0 Å². The Labute approximate surface area is 275 Å². The number of Topliss-reactive ketones (excluding diaryl/α,β-unsaturated/α-hetero) is 1. The highest BCUT2D eigenvalue weighted by molar-refractivity contribution is 9.12. The number of hydrogen-bond acceptors (Lipinski definition) is 11. The van der Waals surface area contributed by atoms with Gasteiger partial charge in [-0.3, -0.25) is 39.4 Å². The number of halogens is 1. The lowest BCUT2D eigenvalue weighted by Gasteiger charge is -2.42. The van der Waals surface area contributed by atoms with Crippen LogP contribution in [0.5, 0.6) is 5.75 Å². The minimum absolute atomic E-state index is 0.0290. The van der Waals surface area contributed by atoms with Gasteiger partial charge in [0, 0.05) is 54.9 Å². The first-order valence-corrected chi connectivity index (χ1v) is 15.4. The van der Waals surface area contributed by atoms with Gasteiger partial charge in [0.2, 0.25) is 11.8 Å². The van der Waals surface area contributed by atoms with Gasteiger partial charge >= 0.3 is 11.4 Å². The van der Waals surface area contributed by atoms with Crippen molar-refractivity contribution < 1.29 is 38.9 Å². The number of nitro benzene ring substituents is 2. The third-order valence-corrected chi connectivity index (χ3v) is 9.65. The van der Waals surface area contributed by atoms with Gasteiger partial charge in [0.05, 0.1) is 38.5 Å². The number of amides is 2. The van der Waals surface area contributed by atoms with Gasteiger partial charge in [-0.15, -0.1) is 0 Å². The Bertz CT molecular complexity index is 1860. The normalized spacial score (nSPS) is 23.5. The van der Waals surface area contributed by atoms with E-state index in [0.29, 0.717) is 16.9 Å². The van der Waals surface area contributed by atoms with Crippen LogP contribution in [-0.4, -0.2) is 65.6 Å². The molecule has 4 atom stereocenters. The highest BCUT2D eigenvalue weighted by Crippen LogP contribution is 2.57. The molecule has 14 nitrogen and oxygen atoms in total. The van der Waals surface area contributed by atoms with Crippen molar-refractivity contribution >= 4 is 62.1 Å². The average Bonchev–Trinajstić information content (AvgIpc) is 3.30. The number of imide groups is 1. The summed E-state index contributed by atoms with van der Waals surface area (Å²) in [6.07, 6.45) is 3.06. The van der Waals surface area contributed by atoms with Crippen LogP contribution in [0.1, 0.15) is 24.3 Å². The van der Waals surface area contributed by atoms with E-state index in [1.54, 1.807) is 30.3 Å². The van der Waals surface area contributed by atoms with Crippen LogP contribution < -0.4 is 14.5 Å². The molecule has 1 saturated heterocycles. The summed E-state index contributed by atoms with van der Waals surface area (Å²) in [5.41, 5.74) is -0.292. The van der Waals surface area contributed by atoms with Gasteiger partial charge in [0.25, 0.3) is 0 Å². The summed E-state index contributed by atoms with van der Waals surface area (Å²) < 4.78 is 5.86. The highest BCUT2D eigenvalue weighted by Gasteiger charge is 2.57. The molecule has 0 radical (unpaired) electrons. The summed E-state index contributed by atoms with van der Waals surface area (Å²) in [7, 11) is 2.81. The van der Waals surface area contributed by atoms with E-state index in [4.69, 9.17) is 4.74 Å². The number of aliphatic hydroxyl groups is 1. The number of anilines is 2. The molecule has 3 aliphatic carbocycles. The van der Waals surface area contributed by atoms with Crippen molar-refractivity contribution in [3.63, 3.8) is 0 Å². The van der Waals surface area contributed by atoms with Crippen LogP contribution in [0.3, 0.4) is 0 Å². The van der Waals surface area contributed by atoms with Gasteiger partial charge in [0.15, 0.2) is 17.3 Å². The molecule has 6 rings (SSSR count). The molecule has 1 N–H and O–H groups in total. The number of allylic oxidation sites excluding steroid dienone is 6. The number of carbonyl (C=O) groups excluding carboxylic acids is 4.